The summed E-state index contributed by atoms with van der Waals surface area (Å²) in [7, 11) is 0. The largest absolute Gasteiger partial charge is 0.237 e. The van der Waals surface area contributed by atoms with Crippen LogP contribution in [0.1, 0.15) is 19.8 Å². The summed E-state index contributed by atoms with van der Waals surface area (Å²) in [5.74, 6) is 0. The third-order valence-corrected chi connectivity index (χ3v) is 0.732. The molecular formula is C5H8NO2. The van der Waals surface area contributed by atoms with Gasteiger partial charge in [-0.25, -0.2) is 9.90 Å². The predicted octanol–water partition coefficient (Wildman–Crippen LogP) is 0.879. The summed E-state index contributed by atoms with van der Waals surface area (Å²) >= 11 is 0. The first-order valence-electron chi connectivity index (χ1n) is 2.54. The van der Waals surface area contributed by atoms with Crippen molar-refractivity contribution in [2.45, 2.75) is 26.0 Å². The van der Waals surface area contributed by atoms with Crippen molar-refractivity contribution in [2.75, 3.05) is 0 Å². The van der Waals surface area contributed by atoms with Gasteiger partial charge in [-0.15, -0.1) is 0 Å². The molecule has 0 heterocycles. The quantitative estimate of drug-likeness (QED) is 0.397. The minimum Gasteiger partial charge on any atom is -0.211 e. The average molecular weight is 114 g/mol. The molecule has 45 valence electrons. The van der Waals surface area contributed by atoms with Crippen LogP contribution in [-0.2, 0) is 9.90 Å². The van der Waals surface area contributed by atoms with E-state index in [1.54, 1.807) is 0 Å². The second-order valence-corrected chi connectivity index (χ2v) is 1.46. The van der Waals surface area contributed by atoms with Crippen molar-refractivity contribution in [1.29, 1.82) is 0 Å². The van der Waals surface area contributed by atoms with Gasteiger partial charge in [-0.1, -0.05) is 13.3 Å². The summed E-state index contributed by atoms with van der Waals surface area (Å²) in [6.45, 7) is 1.87. The fraction of sp³-hybridized carbons (Fsp3) is 0.800. The lowest BCUT2D eigenvalue weighted by Crippen LogP contribution is -1.97. The topological polar surface area (TPSA) is 49.3 Å². The third-order valence-electron chi connectivity index (χ3n) is 0.732. The molecule has 3 heteroatoms. The maximum Gasteiger partial charge on any atom is 0.237 e. The molecule has 0 aromatic rings. The van der Waals surface area contributed by atoms with Gasteiger partial charge >= 0.3 is 0 Å². The first-order valence-corrected chi connectivity index (χ1v) is 2.54. The Bertz CT molecular complexity index is 96.6. The molecule has 0 spiro atoms. The highest BCUT2D eigenvalue weighted by Gasteiger charge is 1.97. The fourth-order valence-corrected chi connectivity index (χ4v) is 0.370. The Hall–Kier alpha value is -0.660. The monoisotopic (exact) mass is 114 g/mol. The smallest absolute Gasteiger partial charge is 0.211 e. The van der Waals surface area contributed by atoms with Crippen LogP contribution in [0.15, 0.2) is 4.99 Å². The molecule has 0 saturated heterocycles. The van der Waals surface area contributed by atoms with Crippen LogP contribution in [-0.4, -0.2) is 12.3 Å². The van der Waals surface area contributed by atoms with Gasteiger partial charge in [0.25, 0.3) is 0 Å². The second kappa shape index (κ2) is 4.50. The van der Waals surface area contributed by atoms with Crippen molar-refractivity contribution in [3.05, 3.63) is 0 Å². The van der Waals surface area contributed by atoms with E-state index in [0.717, 1.165) is 6.42 Å². The predicted molar refractivity (Wildman–Crippen MR) is 27.5 cm³/mol. The standard InChI is InChI=1S/C5H8NO2/c1-2-3-5(8)6-4-7/h5H,2-3H2,1H3. The van der Waals surface area contributed by atoms with Gasteiger partial charge in [-0.3, -0.25) is 0 Å². The Morgan fingerprint density at radius 3 is 2.75 bits per heavy atom. The van der Waals surface area contributed by atoms with Gasteiger partial charge in [-0.2, -0.15) is 4.99 Å². The highest BCUT2D eigenvalue weighted by molar-refractivity contribution is 5.33. The molecule has 0 N–H and O–H groups in total. The lowest BCUT2D eigenvalue weighted by atomic mass is 10.3. The second-order valence-electron chi connectivity index (χ2n) is 1.46. The molecule has 0 fully saturated rings. The Labute approximate surface area is 48.1 Å². The highest BCUT2D eigenvalue weighted by atomic mass is 16.3. The summed E-state index contributed by atoms with van der Waals surface area (Å²) in [5, 5.41) is 10.3. The molecule has 0 aromatic carbocycles. The Balaban J connectivity index is 3.31. The van der Waals surface area contributed by atoms with Crippen molar-refractivity contribution in [3.63, 3.8) is 0 Å². The van der Waals surface area contributed by atoms with Crippen LogP contribution in [0.25, 0.3) is 0 Å². The summed E-state index contributed by atoms with van der Waals surface area (Å²) < 4.78 is 0. The van der Waals surface area contributed by atoms with Gasteiger partial charge in [0.15, 0.2) is 6.23 Å². The Kier molecular flexibility index (Phi) is 4.13. The molecule has 8 heavy (non-hydrogen) atoms. The van der Waals surface area contributed by atoms with Crippen molar-refractivity contribution < 1.29 is 9.90 Å². The Morgan fingerprint density at radius 2 is 2.38 bits per heavy atom. The van der Waals surface area contributed by atoms with Gasteiger partial charge in [0.2, 0.25) is 6.08 Å². The zero-order valence-electron chi connectivity index (χ0n) is 4.76. The molecule has 3 nitrogen and oxygen atoms in total. The maximum atomic E-state index is 10.3. The molecule has 0 aliphatic rings. The van der Waals surface area contributed by atoms with Crippen LogP contribution < -0.4 is 0 Å². The fourth-order valence-electron chi connectivity index (χ4n) is 0.370. The molecule has 1 atom stereocenters. The zero-order chi connectivity index (χ0) is 6.41. The van der Waals surface area contributed by atoms with Gasteiger partial charge in [0, 0.05) is 0 Å². The number of isocyanates is 1. The number of aliphatic imine (C=N–C) groups is 1. The van der Waals surface area contributed by atoms with Crippen LogP contribution in [0, 0.1) is 0 Å². The van der Waals surface area contributed by atoms with E-state index in [-0.39, 0.29) is 0 Å². The van der Waals surface area contributed by atoms with E-state index in [2.05, 4.69) is 4.99 Å². The number of nitrogens with zero attached hydrogens (tertiary/aromatic N) is 1. The van der Waals surface area contributed by atoms with E-state index in [1.807, 2.05) is 6.92 Å². The van der Waals surface area contributed by atoms with Crippen molar-refractivity contribution in [3.8, 4) is 0 Å². The van der Waals surface area contributed by atoms with E-state index in [9.17, 15) is 9.90 Å². The molecule has 0 rings (SSSR count). The SMILES string of the molecule is CCCC([O])N=C=O. The van der Waals surface area contributed by atoms with Gasteiger partial charge in [0.1, 0.15) is 0 Å². The van der Waals surface area contributed by atoms with Crippen molar-refractivity contribution >= 4 is 6.08 Å². The summed E-state index contributed by atoms with van der Waals surface area (Å²) in [6, 6.07) is 0. The number of carbonyl (C=O) groups excluding carboxylic acids is 1. The van der Waals surface area contributed by atoms with Crippen LogP contribution in [0.4, 0.5) is 0 Å². The number of hydrogen-bond donors (Lipinski definition) is 0. The number of hydrogen-bond acceptors (Lipinski definition) is 2. The van der Waals surface area contributed by atoms with Gasteiger partial charge < -0.3 is 0 Å². The first kappa shape index (κ1) is 7.34. The first-order chi connectivity index (χ1) is 3.81. The average Bonchev–Trinajstić information content (AvgIpc) is 1.68. The third kappa shape index (κ3) is 3.53. The van der Waals surface area contributed by atoms with E-state index in [0.29, 0.717) is 6.42 Å². The molecule has 1 unspecified atom stereocenters. The van der Waals surface area contributed by atoms with Crippen LogP contribution in [0.5, 0.6) is 0 Å². The molecule has 1 radical (unpaired) electrons. The molecular weight excluding hydrogens is 106 g/mol. The summed E-state index contributed by atoms with van der Waals surface area (Å²) in [4.78, 5) is 12.4. The normalized spacial score (nSPS) is 12.2. The van der Waals surface area contributed by atoms with Crippen molar-refractivity contribution in [2.24, 2.45) is 4.99 Å². The molecule has 0 bridgehead atoms. The summed E-state index contributed by atoms with van der Waals surface area (Å²) in [5.41, 5.74) is 0. The van der Waals surface area contributed by atoms with E-state index < -0.39 is 6.23 Å². The Morgan fingerprint density at radius 1 is 1.75 bits per heavy atom. The van der Waals surface area contributed by atoms with E-state index in [1.165, 1.54) is 6.08 Å². The molecule has 0 aliphatic carbocycles. The highest BCUT2D eigenvalue weighted by Crippen LogP contribution is 1.95. The lowest BCUT2D eigenvalue weighted by molar-refractivity contribution is 0.0886. The van der Waals surface area contributed by atoms with E-state index >= 15 is 0 Å². The molecule has 0 aromatic heterocycles. The summed E-state index contributed by atoms with van der Waals surface area (Å²) in [6.07, 6.45) is 1.32. The molecule has 0 saturated carbocycles. The molecule has 0 amide bonds. The van der Waals surface area contributed by atoms with Crippen LogP contribution in [0.3, 0.4) is 0 Å². The van der Waals surface area contributed by atoms with Crippen LogP contribution in [0.2, 0.25) is 0 Å². The van der Waals surface area contributed by atoms with E-state index in [4.69, 9.17) is 0 Å². The van der Waals surface area contributed by atoms with Gasteiger partial charge in [0.05, 0.1) is 0 Å². The maximum absolute atomic E-state index is 10.3. The molecule has 0 aliphatic heterocycles. The minimum absolute atomic E-state index is 0.426. The van der Waals surface area contributed by atoms with Crippen molar-refractivity contribution in [1.82, 2.24) is 0 Å². The minimum atomic E-state index is -1.09. The lowest BCUT2D eigenvalue weighted by Gasteiger charge is -1.92. The zero-order valence-corrected chi connectivity index (χ0v) is 4.76. The van der Waals surface area contributed by atoms with Gasteiger partial charge in [-0.05, 0) is 6.42 Å². The van der Waals surface area contributed by atoms with Crippen LogP contribution >= 0.6 is 0 Å². The number of rotatable bonds is 3.